The second-order valence-corrected chi connectivity index (χ2v) is 7.39. The van der Waals surface area contributed by atoms with Crippen molar-refractivity contribution in [3.63, 3.8) is 0 Å². The predicted molar refractivity (Wildman–Crippen MR) is 100 cm³/mol. The lowest BCUT2D eigenvalue weighted by Crippen LogP contribution is -2.42. The van der Waals surface area contributed by atoms with E-state index in [9.17, 15) is 14.4 Å². The summed E-state index contributed by atoms with van der Waals surface area (Å²) in [5.74, 6) is -0.731. The second-order valence-electron chi connectivity index (χ2n) is 6.95. The Morgan fingerprint density at radius 3 is 2.85 bits per heavy atom. The fourth-order valence-corrected chi connectivity index (χ4v) is 4.02. The first kappa shape index (κ1) is 19.5. The highest BCUT2D eigenvalue weighted by molar-refractivity contribution is 6.30. The van der Waals surface area contributed by atoms with Gasteiger partial charge in [-0.25, -0.2) is 4.79 Å². The molecule has 2 aliphatic heterocycles. The molecule has 3 atom stereocenters. The molecule has 2 aliphatic rings. The lowest BCUT2D eigenvalue weighted by Gasteiger charge is -2.26. The van der Waals surface area contributed by atoms with Crippen LogP contribution in [0.1, 0.15) is 31.4 Å². The van der Waals surface area contributed by atoms with Gasteiger partial charge in [0.05, 0.1) is 18.6 Å². The number of benzene rings is 1. The van der Waals surface area contributed by atoms with Crippen molar-refractivity contribution in [2.24, 2.45) is 5.92 Å². The number of carbonyl (C=O) groups excluding carboxylic acids is 3. The molecule has 7 nitrogen and oxygen atoms in total. The molecule has 8 heteroatoms. The Kier molecular flexibility index (Phi) is 5.89. The highest BCUT2D eigenvalue weighted by Gasteiger charge is 2.43. The Morgan fingerprint density at radius 2 is 2.15 bits per heavy atom. The van der Waals surface area contributed by atoms with Crippen LogP contribution in [0.4, 0.5) is 4.79 Å². The van der Waals surface area contributed by atoms with Gasteiger partial charge in [-0.15, -0.1) is 0 Å². The van der Waals surface area contributed by atoms with Crippen LogP contribution in [0.2, 0.25) is 5.02 Å². The quantitative estimate of drug-likeness (QED) is 0.850. The molecule has 146 valence electrons. The molecular formula is C19H24ClN3O4. The summed E-state index contributed by atoms with van der Waals surface area (Å²) in [4.78, 5) is 40.2. The molecule has 1 N–H and O–H groups in total. The van der Waals surface area contributed by atoms with Gasteiger partial charge in [-0.1, -0.05) is 23.7 Å². The number of carbonyl (C=O) groups is 3. The van der Waals surface area contributed by atoms with Crippen LogP contribution < -0.4 is 5.32 Å². The molecule has 0 saturated carbocycles. The average Bonchev–Trinajstić information content (AvgIpc) is 3.20. The molecule has 27 heavy (non-hydrogen) atoms. The number of hydrogen-bond donors (Lipinski definition) is 1. The van der Waals surface area contributed by atoms with Gasteiger partial charge in [0.1, 0.15) is 0 Å². The van der Waals surface area contributed by atoms with Crippen molar-refractivity contribution >= 4 is 29.5 Å². The van der Waals surface area contributed by atoms with Gasteiger partial charge < -0.3 is 19.9 Å². The zero-order valence-corrected chi connectivity index (χ0v) is 16.2. The fraction of sp³-hybridized carbons (Fsp3) is 0.526. The van der Waals surface area contributed by atoms with Gasteiger partial charge in [-0.2, -0.15) is 0 Å². The van der Waals surface area contributed by atoms with E-state index in [4.69, 9.17) is 16.3 Å². The van der Waals surface area contributed by atoms with Gasteiger partial charge in [0.25, 0.3) is 0 Å². The molecular weight excluding hydrogens is 370 g/mol. The van der Waals surface area contributed by atoms with Crippen LogP contribution in [-0.2, 0) is 14.3 Å². The minimum absolute atomic E-state index is 0.0697. The summed E-state index contributed by atoms with van der Waals surface area (Å²) in [5.41, 5.74) is 0.843. The van der Waals surface area contributed by atoms with Crippen molar-refractivity contribution in [3.8, 4) is 0 Å². The first-order chi connectivity index (χ1) is 12.9. The van der Waals surface area contributed by atoms with Crippen molar-refractivity contribution in [1.82, 2.24) is 15.1 Å². The molecule has 0 spiro atoms. The van der Waals surface area contributed by atoms with E-state index in [2.05, 4.69) is 5.32 Å². The normalized spacial score (nSPS) is 25.0. The number of ether oxygens (including phenoxy) is 1. The van der Waals surface area contributed by atoms with Crippen molar-refractivity contribution in [1.29, 1.82) is 0 Å². The van der Waals surface area contributed by atoms with Crippen molar-refractivity contribution < 1.29 is 19.1 Å². The van der Waals surface area contributed by atoms with E-state index in [1.165, 1.54) is 0 Å². The van der Waals surface area contributed by atoms with Gasteiger partial charge in [0, 0.05) is 37.6 Å². The van der Waals surface area contributed by atoms with Crippen LogP contribution in [0.25, 0.3) is 0 Å². The Bertz CT molecular complexity index is 741. The number of hydrogen-bond acceptors (Lipinski definition) is 4. The number of nitrogens with one attached hydrogen (secondary N) is 1. The molecule has 3 unspecified atom stereocenters. The first-order valence-electron chi connectivity index (χ1n) is 9.14. The lowest BCUT2D eigenvalue weighted by atomic mass is 9.92. The Balaban J connectivity index is 1.68. The van der Waals surface area contributed by atoms with Crippen LogP contribution in [-0.4, -0.2) is 60.5 Å². The van der Waals surface area contributed by atoms with Gasteiger partial charge >= 0.3 is 6.09 Å². The first-order valence-corrected chi connectivity index (χ1v) is 9.51. The maximum atomic E-state index is 12.9. The Hall–Kier alpha value is -2.28. The summed E-state index contributed by atoms with van der Waals surface area (Å²) >= 11 is 6.09. The molecule has 0 aromatic heterocycles. The van der Waals surface area contributed by atoms with Crippen molar-refractivity contribution in [2.45, 2.75) is 31.8 Å². The van der Waals surface area contributed by atoms with E-state index in [1.807, 2.05) is 12.1 Å². The third-order valence-electron chi connectivity index (χ3n) is 5.17. The number of nitrogens with zero attached hydrogens (tertiary/aromatic N) is 2. The van der Waals surface area contributed by atoms with Gasteiger partial charge in [0.15, 0.2) is 0 Å². The van der Waals surface area contributed by atoms with Crippen LogP contribution in [0.3, 0.4) is 0 Å². The summed E-state index contributed by atoms with van der Waals surface area (Å²) in [6, 6.07) is 6.77. The third-order valence-corrected chi connectivity index (χ3v) is 5.41. The van der Waals surface area contributed by atoms with Gasteiger partial charge in [-0.05, 0) is 31.0 Å². The Morgan fingerprint density at radius 1 is 1.37 bits per heavy atom. The minimum Gasteiger partial charge on any atom is -0.450 e. The maximum Gasteiger partial charge on any atom is 0.409 e. The average molecular weight is 394 g/mol. The summed E-state index contributed by atoms with van der Waals surface area (Å²) in [6.07, 6.45) is 0.471. The Labute approximate surface area is 163 Å². The van der Waals surface area contributed by atoms with Crippen molar-refractivity contribution in [2.75, 3.05) is 26.7 Å². The fourth-order valence-electron chi connectivity index (χ4n) is 3.82. The van der Waals surface area contributed by atoms with E-state index in [0.717, 1.165) is 5.56 Å². The maximum absolute atomic E-state index is 12.9. The third kappa shape index (κ3) is 4.18. The van der Waals surface area contributed by atoms with Gasteiger partial charge in [0.2, 0.25) is 11.8 Å². The molecule has 0 bridgehead atoms. The topological polar surface area (TPSA) is 79.0 Å². The van der Waals surface area contributed by atoms with E-state index in [-0.39, 0.29) is 36.4 Å². The van der Waals surface area contributed by atoms with Crippen LogP contribution in [0.5, 0.6) is 0 Å². The monoisotopic (exact) mass is 393 g/mol. The van der Waals surface area contributed by atoms with E-state index >= 15 is 0 Å². The molecule has 3 amide bonds. The summed E-state index contributed by atoms with van der Waals surface area (Å²) < 4.78 is 5.00. The smallest absolute Gasteiger partial charge is 0.409 e. The van der Waals surface area contributed by atoms with E-state index in [1.54, 1.807) is 35.9 Å². The van der Waals surface area contributed by atoms with Crippen LogP contribution >= 0.6 is 11.6 Å². The lowest BCUT2D eigenvalue weighted by molar-refractivity contribution is -0.128. The zero-order chi connectivity index (χ0) is 19.6. The number of amides is 3. The summed E-state index contributed by atoms with van der Waals surface area (Å²) in [5, 5.41) is 3.57. The predicted octanol–water partition coefficient (Wildman–Crippen LogP) is 2.21. The number of halogens is 1. The van der Waals surface area contributed by atoms with Crippen LogP contribution in [0.15, 0.2) is 24.3 Å². The minimum atomic E-state index is -0.488. The second kappa shape index (κ2) is 8.17. The van der Waals surface area contributed by atoms with Crippen molar-refractivity contribution in [3.05, 3.63) is 34.9 Å². The summed E-state index contributed by atoms with van der Waals surface area (Å²) in [6.45, 7) is 3.05. The highest BCUT2D eigenvalue weighted by Crippen LogP contribution is 2.38. The molecule has 0 radical (unpaired) electrons. The highest BCUT2D eigenvalue weighted by atomic mass is 35.5. The molecule has 1 aromatic carbocycles. The van der Waals surface area contributed by atoms with Crippen LogP contribution in [0, 0.1) is 5.92 Å². The SMILES string of the molecule is CCOC(=O)N1CCC(NC(=O)C2CC(=O)N(C)C2c2cccc(Cl)c2)C1. The number of rotatable bonds is 4. The number of likely N-dealkylation sites (tertiary alicyclic amines) is 2. The molecule has 2 fully saturated rings. The standard InChI is InChI=1S/C19H24ClN3O4/c1-3-27-19(26)23-8-7-14(11-23)21-18(25)15-10-16(24)22(2)17(15)12-5-4-6-13(20)9-12/h4-6,9,14-15,17H,3,7-8,10-11H2,1-2H3,(H,21,25). The summed E-state index contributed by atoms with van der Waals surface area (Å²) in [7, 11) is 1.71. The molecule has 3 rings (SSSR count). The van der Waals surface area contributed by atoms with E-state index in [0.29, 0.717) is 31.1 Å². The van der Waals surface area contributed by atoms with Gasteiger partial charge in [-0.3, -0.25) is 9.59 Å². The molecule has 0 aliphatic carbocycles. The zero-order valence-electron chi connectivity index (χ0n) is 15.5. The largest absolute Gasteiger partial charge is 0.450 e. The van der Waals surface area contributed by atoms with E-state index < -0.39 is 5.92 Å². The molecule has 2 heterocycles. The molecule has 1 aromatic rings. The molecule has 2 saturated heterocycles.